The van der Waals surface area contributed by atoms with E-state index in [4.69, 9.17) is 9.47 Å². The minimum absolute atomic E-state index is 0.0819. The summed E-state index contributed by atoms with van der Waals surface area (Å²) in [7, 11) is -1.92. The largest absolute Gasteiger partial charge is 0.490 e. The Morgan fingerprint density at radius 1 is 0.939 bits per heavy atom. The van der Waals surface area contributed by atoms with Crippen LogP contribution in [0.1, 0.15) is 56.3 Å². The van der Waals surface area contributed by atoms with Gasteiger partial charge in [-0.15, -0.1) is 0 Å². The summed E-state index contributed by atoms with van der Waals surface area (Å²) in [5, 5.41) is 5.76. The van der Waals surface area contributed by atoms with Crippen molar-refractivity contribution in [1.82, 2.24) is 15.4 Å². The van der Waals surface area contributed by atoms with Crippen molar-refractivity contribution < 1.29 is 22.7 Å². The Morgan fingerprint density at radius 3 is 2.15 bits per heavy atom. The number of carbonyl (C=O) groups is 1. The molecule has 0 heterocycles. The van der Waals surface area contributed by atoms with Gasteiger partial charge < -0.3 is 20.1 Å². The van der Waals surface area contributed by atoms with Gasteiger partial charge >= 0.3 is 6.03 Å². The fraction of sp³-hybridized carbons (Fsp3) is 0.458. The highest BCUT2D eigenvalue weighted by Crippen LogP contribution is 2.31. The van der Waals surface area contributed by atoms with E-state index in [1.165, 1.54) is 7.05 Å². The number of urea groups is 1. The number of carbonyl (C=O) groups excluding carboxylic acids is 1. The Bertz CT molecular complexity index is 994. The lowest BCUT2D eigenvalue weighted by atomic mass is 10.1. The van der Waals surface area contributed by atoms with Crippen LogP contribution in [0.25, 0.3) is 0 Å². The first-order chi connectivity index (χ1) is 15.8. The molecule has 0 unspecified atom stereocenters. The Balaban J connectivity index is 1.93. The van der Waals surface area contributed by atoms with Crippen LogP contribution in [0.2, 0.25) is 0 Å². The molecule has 182 valence electrons. The fourth-order valence-corrected chi connectivity index (χ4v) is 3.78. The minimum Gasteiger partial charge on any atom is -0.490 e. The van der Waals surface area contributed by atoms with Crippen molar-refractivity contribution in [2.24, 2.45) is 0 Å². The molecule has 0 fully saturated rings. The number of sulfonamides is 1. The van der Waals surface area contributed by atoms with Crippen molar-refractivity contribution >= 4 is 16.1 Å². The monoisotopic (exact) mass is 477 g/mol. The first-order valence-corrected chi connectivity index (χ1v) is 12.9. The van der Waals surface area contributed by atoms with Crippen LogP contribution in [0, 0.1) is 0 Å². The van der Waals surface area contributed by atoms with E-state index in [0.717, 1.165) is 24.0 Å². The number of rotatable bonds is 13. The van der Waals surface area contributed by atoms with Crippen LogP contribution in [-0.2, 0) is 22.3 Å². The lowest BCUT2D eigenvalue weighted by Crippen LogP contribution is -2.36. The molecule has 0 aliphatic carbocycles. The van der Waals surface area contributed by atoms with Crippen molar-refractivity contribution in [3.8, 4) is 11.5 Å². The molecule has 33 heavy (non-hydrogen) atoms. The number of nitrogens with one attached hydrogen (secondary N) is 3. The van der Waals surface area contributed by atoms with Crippen LogP contribution >= 0.6 is 0 Å². The van der Waals surface area contributed by atoms with E-state index < -0.39 is 10.0 Å². The molecule has 1 atom stereocenters. The standard InChI is InChI=1S/C24H35N3O5S/c1-5-13-31-22-12-11-21(15-23(22)32-14-6-2)18(3)27-24(28)26-16-19-7-9-20(10-8-19)17-33(29,30)25-4/h7-12,15,18,25H,5-6,13-14,16-17H2,1-4H3,(H2,26,27,28)/t18-/m1/s1. The van der Waals surface area contributed by atoms with Crippen molar-refractivity contribution in [2.45, 2.75) is 52.0 Å². The van der Waals surface area contributed by atoms with E-state index in [1.54, 1.807) is 24.3 Å². The highest BCUT2D eigenvalue weighted by Gasteiger charge is 2.14. The van der Waals surface area contributed by atoms with Crippen LogP contribution in [0.3, 0.4) is 0 Å². The summed E-state index contributed by atoms with van der Waals surface area (Å²) in [6.45, 7) is 7.53. The van der Waals surface area contributed by atoms with E-state index in [9.17, 15) is 13.2 Å². The second-order valence-electron chi connectivity index (χ2n) is 7.73. The summed E-state index contributed by atoms with van der Waals surface area (Å²) >= 11 is 0. The minimum atomic E-state index is -3.31. The topological polar surface area (TPSA) is 106 Å². The lowest BCUT2D eigenvalue weighted by molar-refractivity contribution is 0.237. The van der Waals surface area contributed by atoms with Gasteiger partial charge in [0, 0.05) is 6.54 Å². The zero-order valence-corrected chi connectivity index (χ0v) is 20.6. The maximum atomic E-state index is 12.4. The van der Waals surface area contributed by atoms with Gasteiger partial charge in [-0.3, -0.25) is 0 Å². The maximum absolute atomic E-state index is 12.4. The Kier molecular flexibility index (Phi) is 10.5. The third-order valence-electron chi connectivity index (χ3n) is 4.88. The number of hydrogen-bond donors (Lipinski definition) is 3. The van der Waals surface area contributed by atoms with Crippen molar-refractivity contribution in [3.63, 3.8) is 0 Å². The van der Waals surface area contributed by atoms with Crippen molar-refractivity contribution in [2.75, 3.05) is 20.3 Å². The summed E-state index contributed by atoms with van der Waals surface area (Å²) in [6, 6.07) is 12.3. The molecule has 0 aliphatic heterocycles. The molecule has 0 saturated carbocycles. The average molecular weight is 478 g/mol. The zero-order chi connectivity index (χ0) is 24.3. The molecule has 9 heteroatoms. The predicted octanol–water partition coefficient (Wildman–Crippen LogP) is 3.87. The van der Waals surface area contributed by atoms with Crippen LogP contribution in [-0.4, -0.2) is 34.7 Å². The molecule has 0 aliphatic rings. The van der Waals surface area contributed by atoms with E-state index >= 15 is 0 Å². The molecule has 0 saturated heterocycles. The zero-order valence-electron chi connectivity index (χ0n) is 19.8. The van der Waals surface area contributed by atoms with Gasteiger partial charge in [-0.25, -0.2) is 17.9 Å². The van der Waals surface area contributed by atoms with Crippen LogP contribution < -0.4 is 24.8 Å². The Labute approximate surface area is 197 Å². The quantitative estimate of drug-likeness (QED) is 0.406. The van der Waals surface area contributed by atoms with Gasteiger partial charge in [-0.2, -0.15) is 0 Å². The maximum Gasteiger partial charge on any atom is 0.315 e. The summed E-state index contributed by atoms with van der Waals surface area (Å²) in [6.07, 6.45) is 1.80. The number of amides is 2. The van der Waals surface area contributed by atoms with Crippen LogP contribution in [0.15, 0.2) is 42.5 Å². The van der Waals surface area contributed by atoms with Crippen LogP contribution in [0.5, 0.6) is 11.5 Å². The van der Waals surface area contributed by atoms with Crippen molar-refractivity contribution in [1.29, 1.82) is 0 Å². The van der Waals surface area contributed by atoms with E-state index in [1.807, 2.05) is 39.0 Å². The highest BCUT2D eigenvalue weighted by molar-refractivity contribution is 7.88. The van der Waals surface area contributed by atoms with Gasteiger partial charge in [0.1, 0.15) is 0 Å². The average Bonchev–Trinajstić information content (AvgIpc) is 2.81. The third kappa shape index (κ3) is 8.94. The molecule has 2 aromatic rings. The van der Waals surface area contributed by atoms with E-state index in [0.29, 0.717) is 36.8 Å². The molecular weight excluding hydrogens is 442 g/mol. The molecule has 0 spiro atoms. The molecule has 2 amide bonds. The van der Waals surface area contributed by atoms with Gasteiger partial charge in [-0.1, -0.05) is 44.2 Å². The summed E-state index contributed by atoms with van der Waals surface area (Å²) in [5.41, 5.74) is 2.46. The van der Waals surface area contributed by atoms with Gasteiger partial charge in [0.05, 0.1) is 25.0 Å². The molecule has 0 radical (unpaired) electrons. The fourth-order valence-electron chi connectivity index (χ4n) is 3.01. The Morgan fingerprint density at radius 2 is 1.55 bits per heavy atom. The molecule has 0 bridgehead atoms. The lowest BCUT2D eigenvalue weighted by Gasteiger charge is -2.18. The SMILES string of the molecule is CCCOc1ccc([C@@H](C)NC(=O)NCc2ccc(CS(=O)(=O)NC)cc2)cc1OCCC. The van der Waals surface area contributed by atoms with Gasteiger partial charge in [0.25, 0.3) is 0 Å². The summed E-state index contributed by atoms with van der Waals surface area (Å²) in [5.74, 6) is 1.30. The summed E-state index contributed by atoms with van der Waals surface area (Å²) < 4.78 is 37.2. The normalized spacial score (nSPS) is 12.1. The van der Waals surface area contributed by atoms with Crippen LogP contribution in [0.4, 0.5) is 4.79 Å². The van der Waals surface area contributed by atoms with Gasteiger partial charge in [-0.05, 0) is 55.6 Å². The predicted molar refractivity (Wildman–Crippen MR) is 130 cm³/mol. The van der Waals surface area contributed by atoms with E-state index in [2.05, 4.69) is 15.4 Å². The number of hydrogen-bond acceptors (Lipinski definition) is 5. The first kappa shape index (κ1) is 26.5. The number of benzene rings is 2. The van der Waals surface area contributed by atoms with E-state index in [-0.39, 0.29) is 17.8 Å². The highest BCUT2D eigenvalue weighted by atomic mass is 32.2. The summed E-state index contributed by atoms with van der Waals surface area (Å²) in [4.78, 5) is 12.4. The molecular formula is C24H35N3O5S. The first-order valence-electron chi connectivity index (χ1n) is 11.2. The molecule has 2 aromatic carbocycles. The number of ether oxygens (including phenoxy) is 2. The molecule has 0 aromatic heterocycles. The second-order valence-corrected chi connectivity index (χ2v) is 9.66. The molecule has 8 nitrogen and oxygen atoms in total. The second kappa shape index (κ2) is 13.1. The molecule has 3 N–H and O–H groups in total. The van der Waals surface area contributed by atoms with Crippen molar-refractivity contribution in [3.05, 3.63) is 59.2 Å². The van der Waals surface area contributed by atoms with Gasteiger partial charge in [0.15, 0.2) is 11.5 Å². The third-order valence-corrected chi connectivity index (χ3v) is 6.22. The Hall–Kier alpha value is -2.78. The smallest absolute Gasteiger partial charge is 0.315 e. The van der Waals surface area contributed by atoms with Gasteiger partial charge in [0.2, 0.25) is 10.0 Å². The molecule has 2 rings (SSSR count).